The van der Waals surface area contributed by atoms with Crippen LogP contribution in [-0.2, 0) is 6.54 Å². The van der Waals surface area contributed by atoms with Crippen molar-refractivity contribution in [1.29, 1.82) is 5.26 Å². The Kier molecular flexibility index (Phi) is 2.73. The lowest BCUT2D eigenvalue weighted by Gasteiger charge is -2.10. The van der Waals surface area contributed by atoms with Gasteiger partial charge in [-0.1, -0.05) is 5.21 Å². The van der Waals surface area contributed by atoms with Crippen molar-refractivity contribution in [1.82, 2.24) is 19.9 Å². The van der Waals surface area contributed by atoms with Crippen LogP contribution in [0.5, 0.6) is 0 Å². The number of likely N-dealkylation sites (tertiary alicyclic amines) is 1. The minimum Gasteiger partial charge on any atom is -0.306 e. The molecule has 0 bridgehead atoms. The van der Waals surface area contributed by atoms with Gasteiger partial charge in [-0.3, -0.25) is 0 Å². The molecule has 3 rings (SSSR count). The van der Waals surface area contributed by atoms with Gasteiger partial charge in [0, 0.05) is 13.1 Å². The number of fused-ring (bicyclic) bond motifs is 1. The lowest BCUT2D eigenvalue weighted by molar-refractivity contribution is 0.370. The molecule has 1 saturated heterocycles. The Morgan fingerprint density at radius 1 is 1.50 bits per heavy atom. The van der Waals surface area contributed by atoms with Gasteiger partial charge in [0.1, 0.15) is 5.52 Å². The highest BCUT2D eigenvalue weighted by Crippen LogP contribution is 2.19. The Hall–Kier alpha value is -1.93. The van der Waals surface area contributed by atoms with Crippen LogP contribution in [-0.4, -0.2) is 40.0 Å². The highest BCUT2D eigenvalue weighted by atomic mass is 15.4. The molecule has 92 valence electrons. The third-order valence-electron chi connectivity index (χ3n) is 3.56. The van der Waals surface area contributed by atoms with E-state index in [2.05, 4.69) is 28.3 Å². The van der Waals surface area contributed by atoms with Gasteiger partial charge in [0.15, 0.2) is 0 Å². The number of hydrogen-bond acceptors (Lipinski definition) is 4. The average molecular weight is 241 g/mol. The molecule has 0 saturated carbocycles. The molecule has 5 nitrogen and oxygen atoms in total. The molecule has 1 aromatic heterocycles. The molecule has 18 heavy (non-hydrogen) atoms. The molecule has 1 unspecified atom stereocenters. The fourth-order valence-corrected chi connectivity index (χ4v) is 2.60. The average Bonchev–Trinajstić information content (AvgIpc) is 2.96. The molecule has 5 heteroatoms. The van der Waals surface area contributed by atoms with Crippen LogP contribution >= 0.6 is 0 Å². The molecule has 2 heterocycles. The second-order valence-electron chi connectivity index (χ2n) is 5.00. The Morgan fingerprint density at radius 3 is 3.11 bits per heavy atom. The lowest BCUT2D eigenvalue weighted by Crippen LogP contribution is -2.17. The summed E-state index contributed by atoms with van der Waals surface area (Å²) < 4.78 is 1.96. The zero-order valence-corrected chi connectivity index (χ0v) is 10.4. The predicted molar refractivity (Wildman–Crippen MR) is 67.8 cm³/mol. The minimum atomic E-state index is 0.634. The van der Waals surface area contributed by atoms with Crippen molar-refractivity contribution < 1.29 is 0 Å². The Labute approximate surface area is 106 Å². The van der Waals surface area contributed by atoms with Crippen molar-refractivity contribution in [2.45, 2.75) is 13.0 Å². The molecular formula is C13H15N5. The van der Waals surface area contributed by atoms with E-state index in [1.165, 1.54) is 6.42 Å². The topological polar surface area (TPSA) is 57.7 Å². The van der Waals surface area contributed by atoms with Crippen LogP contribution in [0.15, 0.2) is 18.2 Å². The molecular weight excluding hydrogens is 226 g/mol. The maximum atomic E-state index is 8.85. The highest BCUT2D eigenvalue weighted by molar-refractivity contribution is 5.75. The second kappa shape index (κ2) is 4.39. The number of benzene rings is 1. The van der Waals surface area contributed by atoms with E-state index in [0.717, 1.165) is 30.7 Å². The van der Waals surface area contributed by atoms with Crippen molar-refractivity contribution >= 4 is 11.0 Å². The highest BCUT2D eigenvalue weighted by Gasteiger charge is 2.20. The van der Waals surface area contributed by atoms with Crippen LogP contribution in [0.1, 0.15) is 12.0 Å². The van der Waals surface area contributed by atoms with Gasteiger partial charge in [-0.05, 0) is 44.1 Å². The Morgan fingerprint density at radius 2 is 2.39 bits per heavy atom. The molecule has 2 aromatic rings. The van der Waals surface area contributed by atoms with Gasteiger partial charge >= 0.3 is 0 Å². The zero-order valence-electron chi connectivity index (χ0n) is 10.4. The van der Waals surface area contributed by atoms with E-state index in [1.807, 2.05) is 16.8 Å². The van der Waals surface area contributed by atoms with Gasteiger partial charge in [-0.15, -0.1) is 5.10 Å². The summed E-state index contributed by atoms with van der Waals surface area (Å²) in [5, 5.41) is 17.2. The third kappa shape index (κ3) is 1.95. The monoisotopic (exact) mass is 241 g/mol. The van der Waals surface area contributed by atoms with Gasteiger partial charge < -0.3 is 4.90 Å². The number of aromatic nitrogens is 3. The van der Waals surface area contributed by atoms with Crippen LogP contribution in [0, 0.1) is 17.2 Å². The van der Waals surface area contributed by atoms with Crippen molar-refractivity contribution in [2.24, 2.45) is 5.92 Å². The first kappa shape index (κ1) is 11.2. The van der Waals surface area contributed by atoms with E-state index in [1.54, 1.807) is 6.07 Å². The summed E-state index contributed by atoms with van der Waals surface area (Å²) in [5.74, 6) is 0.649. The molecule has 0 N–H and O–H groups in total. The fourth-order valence-electron chi connectivity index (χ4n) is 2.60. The smallest absolute Gasteiger partial charge is 0.114 e. The molecule has 1 atom stereocenters. The fraction of sp³-hybridized carbons (Fsp3) is 0.462. The summed E-state index contributed by atoms with van der Waals surface area (Å²) in [4.78, 5) is 2.34. The minimum absolute atomic E-state index is 0.634. The standard InChI is InChI=1S/C13H15N5/c1-17-5-4-11(8-17)9-18-13-3-2-10(7-14)6-12(13)15-16-18/h2-3,6,11H,4-5,8-9H2,1H3. The summed E-state index contributed by atoms with van der Waals surface area (Å²) in [6.45, 7) is 3.19. The molecule has 1 aliphatic heterocycles. The first-order valence-electron chi connectivity index (χ1n) is 6.18. The molecule has 0 aliphatic carbocycles. The molecule has 0 spiro atoms. The Balaban J connectivity index is 1.87. The van der Waals surface area contributed by atoms with Crippen LogP contribution < -0.4 is 0 Å². The van der Waals surface area contributed by atoms with Crippen molar-refractivity contribution in [2.75, 3.05) is 20.1 Å². The predicted octanol–water partition coefficient (Wildman–Crippen LogP) is 1.25. The van der Waals surface area contributed by atoms with E-state index in [-0.39, 0.29) is 0 Å². The molecule has 1 aliphatic rings. The van der Waals surface area contributed by atoms with Crippen molar-refractivity contribution in [3.05, 3.63) is 23.8 Å². The number of nitriles is 1. The first-order chi connectivity index (χ1) is 8.76. The molecule has 1 aromatic carbocycles. The van der Waals surface area contributed by atoms with E-state index >= 15 is 0 Å². The largest absolute Gasteiger partial charge is 0.306 e. The quantitative estimate of drug-likeness (QED) is 0.794. The first-order valence-corrected chi connectivity index (χ1v) is 6.18. The van der Waals surface area contributed by atoms with Crippen LogP contribution in [0.4, 0.5) is 0 Å². The van der Waals surface area contributed by atoms with E-state index < -0.39 is 0 Å². The zero-order chi connectivity index (χ0) is 12.5. The van der Waals surface area contributed by atoms with Crippen LogP contribution in [0.2, 0.25) is 0 Å². The van der Waals surface area contributed by atoms with Gasteiger partial charge in [0.05, 0.1) is 17.1 Å². The molecule has 0 radical (unpaired) electrons. The normalized spacial score (nSPS) is 20.3. The number of nitrogens with zero attached hydrogens (tertiary/aromatic N) is 5. The van der Waals surface area contributed by atoms with Gasteiger partial charge in [0.2, 0.25) is 0 Å². The SMILES string of the molecule is CN1CCC(Cn2nnc3cc(C#N)ccc32)C1. The van der Waals surface area contributed by atoms with E-state index in [9.17, 15) is 0 Å². The molecule has 1 fully saturated rings. The summed E-state index contributed by atoms with van der Waals surface area (Å²) in [7, 11) is 2.15. The van der Waals surface area contributed by atoms with Crippen LogP contribution in [0.25, 0.3) is 11.0 Å². The number of rotatable bonds is 2. The van der Waals surface area contributed by atoms with Gasteiger partial charge in [-0.2, -0.15) is 5.26 Å². The van der Waals surface area contributed by atoms with Gasteiger partial charge in [-0.25, -0.2) is 4.68 Å². The maximum absolute atomic E-state index is 8.85. The lowest BCUT2D eigenvalue weighted by atomic mass is 10.1. The van der Waals surface area contributed by atoms with Crippen molar-refractivity contribution in [3.63, 3.8) is 0 Å². The second-order valence-corrected chi connectivity index (χ2v) is 5.00. The maximum Gasteiger partial charge on any atom is 0.114 e. The van der Waals surface area contributed by atoms with Gasteiger partial charge in [0.25, 0.3) is 0 Å². The Bertz CT molecular complexity index is 609. The van der Waals surface area contributed by atoms with E-state index in [0.29, 0.717) is 11.5 Å². The van der Waals surface area contributed by atoms with Crippen LogP contribution in [0.3, 0.4) is 0 Å². The third-order valence-corrected chi connectivity index (χ3v) is 3.56. The number of hydrogen-bond donors (Lipinski definition) is 0. The molecule has 0 amide bonds. The van der Waals surface area contributed by atoms with Crippen molar-refractivity contribution in [3.8, 4) is 6.07 Å². The van der Waals surface area contributed by atoms with E-state index in [4.69, 9.17) is 5.26 Å². The summed E-state index contributed by atoms with van der Waals surface area (Å²) in [6.07, 6.45) is 1.22. The summed E-state index contributed by atoms with van der Waals surface area (Å²) in [5.41, 5.74) is 2.46. The summed E-state index contributed by atoms with van der Waals surface area (Å²) >= 11 is 0. The summed E-state index contributed by atoms with van der Waals surface area (Å²) in [6, 6.07) is 7.67.